The SMILES string of the molecule is Cc1cccc(C)c1NC(=O)C[C@@H]1S/C(=N/N=C2CCCC2)NC1=O. The Morgan fingerprint density at radius 2 is 1.92 bits per heavy atom. The number of amidine groups is 1. The van der Waals surface area contributed by atoms with E-state index in [0.717, 1.165) is 48.2 Å². The first-order valence-corrected chi connectivity index (χ1v) is 9.38. The van der Waals surface area contributed by atoms with Crippen LogP contribution < -0.4 is 10.6 Å². The largest absolute Gasteiger partial charge is 0.326 e. The smallest absolute Gasteiger partial charge is 0.240 e. The number of aryl methyl sites for hydroxylation is 2. The Hall–Kier alpha value is -2.15. The molecule has 1 saturated heterocycles. The molecular weight excluding hydrogens is 336 g/mol. The van der Waals surface area contributed by atoms with E-state index in [4.69, 9.17) is 0 Å². The molecule has 1 heterocycles. The van der Waals surface area contributed by atoms with Crippen molar-refractivity contribution in [1.82, 2.24) is 5.32 Å². The van der Waals surface area contributed by atoms with E-state index in [0.29, 0.717) is 5.17 Å². The van der Waals surface area contributed by atoms with E-state index in [1.807, 2.05) is 32.0 Å². The molecule has 1 aliphatic heterocycles. The quantitative estimate of drug-likeness (QED) is 0.811. The highest BCUT2D eigenvalue weighted by atomic mass is 32.2. The van der Waals surface area contributed by atoms with Gasteiger partial charge in [0.1, 0.15) is 5.25 Å². The third-order valence-electron chi connectivity index (χ3n) is 4.36. The number of carbonyl (C=O) groups is 2. The molecule has 2 N–H and O–H groups in total. The summed E-state index contributed by atoms with van der Waals surface area (Å²) in [6, 6.07) is 5.86. The molecule has 0 unspecified atom stereocenters. The van der Waals surface area contributed by atoms with Crippen LogP contribution in [0.15, 0.2) is 28.4 Å². The van der Waals surface area contributed by atoms with Crippen LogP contribution in [0.3, 0.4) is 0 Å². The number of rotatable bonds is 4. The maximum atomic E-state index is 12.3. The Morgan fingerprint density at radius 3 is 2.60 bits per heavy atom. The minimum absolute atomic E-state index is 0.111. The van der Waals surface area contributed by atoms with E-state index >= 15 is 0 Å². The number of para-hydroxylation sites is 1. The number of hydrogen-bond acceptors (Lipinski definition) is 5. The fourth-order valence-corrected chi connectivity index (χ4v) is 3.87. The van der Waals surface area contributed by atoms with E-state index in [-0.39, 0.29) is 18.2 Å². The molecule has 7 heteroatoms. The van der Waals surface area contributed by atoms with Crippen molar-refractivity contribution in [2.24, 2.45) is 10.2 Å². The third-order valence-corrected chi connectivity index (χ3v) is 5.43. The van der Waals surface area contributed by atoms with Gasteiger partial charge in [0.25, 0.3) is 0 Å². The van der Waals surface area contributed by atoms with Crippen molar-refractivity contribution in [3.63, 3.8) is 0 Å². The number of nitrogens with one attached hydrogen (secondary N) is 2. The molecule has 3 rings (SSSR count). The highest BCUT2D eigenvalue weighted by molar-refractivity contribution is 8.15. The lowest BCUT2D eigenvalue weighted by molar-refractivity contribution is -0.122. The van der Waals surface area contributed by atoms with Gasteiger partial charge in [-0.05, 0) is 50.7 Å². The van der Waals surface area contributed by atoms with Crippen LogP contribution in [-0.2, 0) is 9.59 Å². The van der Waals surface area contributed by atoms with Crippen LogP contribution in [0.25, 0.3) is 0 Å². The number of thioether (sulfide) groups is 1. The van der Waals surface area contributed by atoms with Crippen LogP contribution in [-0.4, -0.2) is 27.9 Å². The monoisotopic (exact) mass is 358 g/mol. The molecule has 2 fully saturated rings. The van der Waals surface area contributed by atoms with Gasteiger partial charge in [0.15, 0.2) is 5.17 Å². The van der Waals surface area contributed by atoms with Crippen molar-refractivity contribution < 1.29 is 9.59 Å². The lowest BCUT2D eigenvalue weighted by atomic mass is 10.1. The summed E-state index contributed by atoms with van der Waals surface area (Å²) in [4.78, 5) is 24.4. The minimum Gasteiger partial charge on any atom is -0.326 e. The van der Waals surface area contributed by atoms with Crippen LogP contribution >= 0.6 is 11.8 Å². The zero-order valence-corrected chi connectivity index (χ0v) is 15.3. The number of benzene rings is 1. The first-order valence-electron chi connectivity index (χ1n) is 8.50. The van der Waals surface area contributed by atoms with E-state index in [1.165, 1.54) is 11.8 Å². The molecule has 0 aromatic heterocycles. The Kier molecular flexibility index (Phi) is 5.53. The topological polar surface area (TPSA) is 82.9 Å². The van der Waals surface area contributed by atoms with Crippen LogP contribution in [0.4, 0.5) is 5.69 Å². The van der Waals surface area contributed by atoms with Crippen LogP contribution in [0.1, 0.15) is 43.2 Å². The first-order chi connectivity index (χ1) is 12.0. The summed E-state index contributed by atoms with van der Waals surface area (Å²) in [5, 5.41) is 14.0. The molecule has 25 heavy (non-hydrogen) atoms. The summed E-state index contributed by atoms with van der Waals surface area (Å²) < 4.78 is 0. The standard InChI is InChI=1S/C18H22N4O2S/c1-11-6-5-7-12(2)16(11)19-15(23)10-14-17(24)20-18(25-14)22-21-13-8-3-4-9-13/h5-7,14H,3-4,8-10H2,1-2H3,(H,19,23)(H,20,22,24)/t14-/m0/s1. The maximum absolute atomic E-state index is 12.3. The molecule has 6 nitrogen and oxygen atoms in total. The van der Waals surface area contributed by atoms with Gasteiger partial charge in [-0.3, -0.25) is 9.59 Å². The van der Waals surface area contributed by atoms with Crippen molar-refractivity contribution in [1.29, 1.82) is 0 Å². The summed E-state index contributed by atoms with van der Waals surface area (Å²) in [5.41, 5.74) is 3.91. The second kappa shape index (κ2) is 7.82. The van der Waals surface area contributed by atoms with Crippen molar-refractivity contribution in [2.45, 2.75) is 51.2 Å². The second-order valence-electron chi connectivity index (χ2n) is 6.39. The van der Waals surface area contributed by atoms with Crippen LogP contribution in [0, 0.1) is 13.8 Å². The van der Waals surface area contributed by atoms with Gasteiger partial charge in [-0.2, -0.15) is 5.10 Å². The predicted octanol–water partition coefficient (Wildman–Crippen LogP) is 3.15. The third kappa shape index (κ3) is 4.48. The fourth-order valence-electron chi connectivity index (χ4n) is 2.96. The highest BCUT2D eigenvalue weighted by Gasteiger charge is 2.32. The Morgan fingerprint density at radius 1 is 1.24 bits per heavy atom. The molecule has 1 saturated carbocycles. The molecule has 2 amide bonds. The van der Waals surface area contributed by atoms with Gasteiger partial charge in [0.05, 0.1) is 0 Å². The average molecular weight is 358 g/mol. The molecule has 0 bridgehead atoms. The summed E-state index contributed by atoms with van der Waals surface area (Å²) in [6.07, 6.45) is 4.39. The van der Waals surface area contributed by atoms with Gasteiger partial charge in [-0.25, -0.2) is 0 Å². The average Bonchev–Trinajstić information content (AvgIpc) is 3.19. The highest BCUT2D eigenvalue weighted by Crippen LogP contribution is 2.25. The molecule has 1 aromatic carbocycles. The first kappa shape index (κ1) is 17.7. The Balaban J connectivity index is 1.59. The zero-order chi connectivity index (χ0) is 17.8. The molecular formula is C18H22N4O2S. The van der Waals surface area contributed by atoms with Gasteiger partial charge in [-0.15, -0.1) is 5.10 Å². The van der Waals surface area contributed by atoms with Gasteiger partial charge >= 0.3 is 0 Å². The Labute approximate surface area is 151 Å². The molecule has 1 aromatic rings. The van der Waals surface area contributed by atoms with Crippen molar-refractivity contribution in [3.05, 3.63) is 29.3 Å². The van der Waals surface area contributed by atoms with E-state index < -0.39 is 5.25 Å². The molecule has 0 radical (unpaired) electrons. The second-order valence-corrected chi connectivity index (χ2v) is 7.58. The summed E-state index contributed by atoms with van der Waals surface area (Å²) >= 11 is 1.27. The molecule has 1 aliphatic carbocycles. The molecule has 1 atom stereocenters. The molecule has 132 valence electrons. The van der Waals surface area contributed by atoms with Crippen LogP contribution in [0.5, 0.6) is 0 Å². The number of anilines is 1. The maximum Gasteiger partial charge on any atom is 0.240 e. The van der Waals surface area contributed by atoms with Crippen molar-refractivity contribution in [2.75, 3.05) is 5.32 Å². The fraction of sp³-hybridized carbons (Fsp3) is 0.444. The number of carbonyl (C=O) groups excluding carboxylic acids is 2. The minimum atomic E-state index is -0.466. The van der Waals surface area contributed by atoms with Crippen molar-refractivity contribution >= 4 is 40.1 Å². The van der Waals surface area contributed by atoms with E-state index in [1.54, 1.807) is 0 Å². The van der Waals surface area contributed by atoms with E-state index in [2.05, 4.69) is 20.8 Å². The summed E-state index contributed by atoms with van der Waals surface area (Å²) in [5.74, 6) is -0.361. The van der Waals surface area contributed by atoms with Gasteiger partial charge in [0.2, 0.25) is 11.8 Å². The zero-order valence-electron chi connectivity index (χ0n) is 14.5. The predicted molar refractivity (Wildman–Crippen MR) is 102 cm³/mol. The molecule has 2 aliphatic rings. The number of hydrogen-bond donors (Lipinski definition) is 2. The van der Waals surface area contributed by atoms with Gasteiger partial charge < -0.3 is 10.6 Å². The van der Waals surface area contributed by atoms with Gasteiger partial charge in [-0.1, -0.05) is 30.0 Å². The number of nitrogens with zero attached hydrogens (tertiary/aromatic N) is 2. The van der Waals surface area contributed by atoms with E-state index in [9.17, 15) is 9.59 Å². The van der Waals surface area contributed by atoms with Gasteiger partial charge in [0, 0.05) is 17.8 Å². The summed E-state index contributed by atoms with van der Waals surface area (Å²) in [6.45, 7) is 3.90. The summed E-state index contributed by atoms with van der Waals surface area (Å²) in [7, 11) is 0. The normalized spacial score (nSPS) is 21.5. The lowest BCUT2D eigenvalue weighted by Crippen LogP contribution is -2.28. The van der Waals surface area contributed by atoms with Crippen LogP contribution in [0.2, 0.25) is 0 Å². The lowest BCUT2D eigenvalue weighted by Gasteiger charge is -2.12. The number of amides is 2. The van der Waals surface area contributed by atoms with Crippen molar-refractivity contribution in [3.8, 4) is 0 Å². The molecule has 0 spiro atoms. The Bertz CT molecular complexity index is 729.